The first-order chi connectivity index (χ1) is 8.43. The average Bonchev–Trinajstić information content (AvgIpc) is 2.27. The van der Waals surface area contributed by atoms with Crippen molar-refractivity contribution in [1.82, 2.24) is 0 Å². The molecule has 0 amide bonds. The lowest BCUT2D eigenvalue weighted by molar-refractivity contribution is 0.0697. The SMILES string of the molecule is CC(C)C(CCO)Nc1cc(Br)cc(C(=O)O)c1. The normalized spacial score (nSPS) is 12.5. The zero-order valence-electron chi connectivity index (χ0n) is 10.5. The third-order valence-corrected chi connectivity index (χ3v) is 3.20. The number of halogens is 1. The standard InChI is InChI=1S/C13H18BrNO3/c1-8(2)12(3-4-16)15-11-6-9(13(17)18)5-10(14)7-11/h5-8,12,15-16H,3-4H2,1-2H3,(H,17,18). The number of hydrogen-bond acceptors (Lipinski definition) is 3. The molecule has 0 fully saturated rings. The summed E-state index contributed by atoms with van der Waals surface area (Å²) in [7, 11) is 0. The molecule has 0 aromatic heterocycles. The molecule has 1 rings (SSSR count). The van der Waals surface area contributed by atoms with Crippen LogP contribution in [0.15, 0.2) is 22.7 Å². The fourth-order valence-electron chi connectivity index (χ4n) is 1.72. The molecule has 100 valence electrons. The molecule has 0 saturated heterocycles. The monoisotopic (exact) mass is 315 g/mol. The smallest absolute Gasteiger partial charge is 0.335 e. The number of anilines is 1. The number of aromatic carboxylic acids is 1. The number of aliphatic hydroxyl groups is 1. The second-order valence-electron chi connectivity index (χ2n) is 4.54. The van der Waals surface area contributed by atoms with Crippen molar-refractivity contribution in [2.24, 2.45) is 5.92 Å². The average molecular weight is 316 g/mol. The zero-order valence-corrected chi connectivity index (χ0v) is 12.1. The molecule has 1 aromatic rings. The molecule has 0 saturated carbocycles. The van der Waals surface area contributed by atoms with Crippen molar-refractivity contribution in [2.45, 2.75) is 26.3 Å². The summed E-state index contributed by atoms with van der Waals surface area (Å²) >= 11 is 3.29. The summed E-state index contributed by atoms with van der Waals surface area (Å²) in [4.78, 5) is 11.0. The highest BCUT2D eigenvalue weighted by atomic mass is 79.9. The highest BCUT2D eigenvalue weighted by Gasteiger charge is 2.14. The van der Waals surface area contributed by atoms with Crippen molar-refractivity contribution < 1.29 is 15.0 Å². The van der Waals surface area contributed by atoms with E-state index >= 15 is 0 Å². The number of carboxylic acid groups (broad SMARTS) is 1. The van der Waals surface area contributed by atoms with Crippen molar-refractivity contribution >= 4 is 27.6 Å². The number of nitrogens with one attached hydrogen (secondary N) is 1. The first-order valence-corrected chi connectivity index (χ1v) is 6.64. The minimum Gasteiger partial charge on any atom is -0.478 e. The van der Waals surface area contributed by atoms with Gasteiger partial charge >= 0.3 is 5.97 Å². The van der Waals surface area contributed by atoms with E-state index in [1.807, 2.05) is 6.07 Å². The molecule has 4 nitrogen and oxygen atoms in total. The number of rotatable bonds is 6. The minimum atomic E-state index is -0.956. The van der Waals surface area contributed by atoms with Gasteiger partial charge in [-0.25, -0.2) is 4.79 Å². The van der Waals surface area contributed by atoms with E-state index in [-0.39, 0.29) is 18.2 Å². The maximum Gasteiger partial charge on any atom is 0.335 e. The Labute approximate surface area is 115 Å². The van der Waals surface area contributed by atoms with Crippen LogP contribution in [0.5, 0.6) is 0 Å². The van der Waals surface area contributed by atoms with Crippen molar-refractivity contribution in [1.29, 1.82) is 0 Å². The Hall–Kier alpha value is -1.07. The van der Waals surface area contributed by atoms with Crippen LogP contribution in [-0.2, 0) is 0 Å². The largest absolute Gasteiger partial charge is 0.478 e. The second-order valence-corrected chi connectivity index (χ2v) is 5.46. The van der Waals surface area contributed by atoms with Gasteiger partial charge in [0, 0.05) is 22.8 Å². The van der Waals surface area contributed by atoms with E-state index in [2.05, 4.69) is 35.1 Å². The number of carbonyl (C=O) groups is 1. The van der Waals surface area contributed by atoms with Gasteiger partial charge in [0.05, 0.1) is 5.56 Å². The minimum absolute atomic E-state index is 0.107. The van der Waals surface area contributed by atoms with E-state index in [1.165, 1.54) is 0 Å². The molecule has 0 spiro atoms. The Bertz CT molecular complexity index is 421. The highest BCUT2D eigenvalue weighted by molar-refractivity contribution is 9.10. The second kappa shape index (κ2) is 6.75. The van der Waals surface area contributed by atoms with Gasteiger partial charge in [-0.1, -0.05) is 29.8 Å². The molecule has 0 bridgehead atoms. The molecule has 18 heavy (non-hydrogen) atoms. The van der Waals surface area contributed by atoms with Crippen molar-refractivity contribution in [2.75, 3.05) is 11.9 Å². The summed E-state index contributed by atoms with van der Waals surface area (Å²) in [5.74, 6) is -0.605. The third kappa shape index (κ3) is 4.31. The van der Waals surface area contributed by atoms with E-state index in [1.54, 1.807) is 12.1 Å². The van der Waals surface area contributed by atoms with Gasteiger partial charge in [-0.2, -0.15) is 0 Å². The van der Waals surface area contributed by atoms with Gasteiger partial charge in [0.2, 0.25) is 0 Å². The van der Waals surface area contributed by atoms with Crippen LogP contribution in [0.2, 0.25) is 0 Å². The molecular weight excluding hydrogens is 298 g/mol. The summed E-state index contributed by atoms with van der Waals surface area (Å²) in [6, 6.07) is 5.11. The first-order valence-electron chi connectivity index (χ1n) is 5.85. The maximum absolute atomic E-state index is 11.0. The Morgan fingerprint density at radius 2 is 2.06 bits per heavy atom. The van der Waals surface area contributed by atoms with Crippen LogP contribution in [0.4, 0.5) is 5.69 Å². The highest BCUT2D eigenvalue weighted by Crippen LogP contribution is 2.22. The van der Waals surface area contributed by atoms with Crippen molar-refractivity contribution in [3.63, 3.8) is 0 Å². The van der Waals surface area contributed by atoms with Crippen LogP contribution in [0.1, 0.15) is 30.6 Å². The molecule has 1 atom stereocenters. The molecule has 5 heteroatoms. The van der Waals surface area contributed by atoms with E-state index in [4.69, 9.17) is 10.2 Å². The van der Waals surface area contributed by atoms with Crippen molar-refractivity contribution in [3.05, 3.63) is 28.2 Å². The maximum atomic E-state index is 11.0. The topological polar surface area (TPSA) is 69.6 Å². The Morgan fingerprint density at radius 1 is 1.39 bits per heavy atom. The summed E-state index contributed by atoms with van der Waals surface area (Å²) in [6.45, 7) is 4.22. The summed E-state index contributed by atoms with van der Waals surface area (Å²) < 4.78 is 0.719. The van der Waals surface area contributed by atoms with Gasteiger partial charge in [0.15, 0.2) is 0 Å². The zero-order chi connectivity index (χ0) is 13.7. The molecule has 1 aromatic carbocycles. The Balaban J connectivity index is 2.91. The Morgan fingerprint density at radius 3 is 2.56 bits per heavy atom. The molecule has 1 unspecified atom stereocenters. The molecule has 0 aliphatic heterocycles. The fraction of sp³-hybridized carbons (Fsp3) is 0.462. The molecule has 0 radical (unpaired) electrons. The molecule has 0 heterocycles. The predicted molar refractivity (Wildman–Crippen MR) is 75.1 cm³/mol. The lowest BCUT2D eigenvalue weighted by Crippen LogP contribution is -2.26. The van der Waals surface area contributed by atoms with Gasteiger partial charge in [0.25, 0.3) is 0 Å². The van der Waals surface area contributed by atoms with Crippen LogP contribution in [0.3, 0.4) is 0 Å². The van der Waals surface area contributed by atoms with Gasteiger partial charge < -0.3 is 15.5 Å². The van der Waals surface area contributed by atoms with Gasteiger partial charge in [-0.3, -0.25) is 0 Å². The first kappa shape index (κ1) is 15.0. The number of aliphatic hydroxyl groups excluding tert-OH is 1. The van der Waals surface area contributed by atoms with Crippen molar-refractivity contribution in [3.8, 4) is 0 Å². The lowest BCUT2D eigenvalue weighted by atomic mass is 10.0. The van der Waals surface area contributed by atoms with E-state index < -0.39 is 5.97 Å². The van der Waals surface area contributed by atoms with Gasteiger partial charge in [-0.15, -0.1) is 0 Å². The lowest BCUT2D eigenvalue weighted by Gasteiger charge is -2.23. The van der Waals surface area contributed by atoms with Gasteiger partial charge in [0.1, 0.15) is 0 Å². The molecule has 3 N–H and O–H groups in total. The van der Waals surface area contributed by atoms with Crippen LogP contribution in [0.25, 0.3) is 0 Å². The van der Waals surface area contributed by atoms with Crippen LogP contribution in [0, 0.1) is 5.92 Å². The fourth-order valence-corrected chi connectivity index (χ4v) is 2.22. The third-order valence-electron chi connectivity index (χ3n) is 2.74. The summed E-state index contributed by atoms with van der Waals surface area (Å²) in [5.41, 5.74) is 0.979. The van der Waals surface area contributed by atoms with Crippen LogP contribution in [-0.4, -0.2) is 28.8 Å². The molecular formula is C13H18BrNO3. The number of benzene rings is 1. The molecule has 0 aliphatic carbocycles. The van der Waals surface area contributed by atoms with E-state index in [0.717, 1.165) is 10.2 Å². The molecule has 0 aliphatic rings. The van der Waals surface area contributed by atoms with E-state index in [0.29, 0.717) is 12.3 Å². The van der Waals surface area contributed by atoms with Crippen LogP contribution < -0.4 is 5.32 Å². The summed E-state index contributed by atoms with van der Waals surface area (Å²) in [5, 5.41) is 21.3. The van der Waals surface area contributed by atoms with E-state index in [9.17, 15) is 4.79 Å². The van der Waals surface area contributed by atoms with Gasteiger partial charge in [-0.05, 0) is 30.5 Å². The number of carboxylic acids is 1. The predicted octanol–water partition coefficient (Wildman–Crippen LogP) is 2.97. The number of hydrogen-bond donors (Lipinski definition) is 3. The quantitative estimate of drug-likeness (QED) is 0.755. The van der Waals surface area contributed by atoms with Crippen LogP contribution >= 0.6 is 15.9 Å². The summed E-state index contributed by atoms with van der Waals surface area (Å²) in [6.07, 6.45) is 0.632. The Kier molecular flexibility index (Phi) is 5.62.